The van der Waals surface area contributed by atoms with Crippen LogP contribution in [-0.4, -0.2) is 17.7 Å². The summed E-state index contributed by atoms with van der Waals surface area (Å²) in [5, 5.41) is 9.44. The van der Waals surface area contributed by atoms with Crippen LogP contribution in [0.4, 0.5) is 0 Å². The van der Waals surface area contributed by atoms with Gasteiger partial charge in [-0.05, 0) is 24.6 Å². The van der Waals surface area contributed by atoms with Crippen LogP contribution in [0, 0.1) is 0 Å². The fraction of sp³-hybridized carbons (Fsp3) is 0.308. The normalized spacial score (nSPS) is 10.8. The molecule has 0 saturated carbocycles. The van der Waals surface area contributed by atoms with Crippen LogP contribution in [0.3, 0.4) is 0 Å². The predicted octanol–water partition coefficient (Wildman–Crippen LogP) is 4.27. The molecule has 1 rings (SSSR count). The fourth-order valence-electron chi connectivity index (χ4n) is 1.34. The molecular weight excluding hydrogens is 275 g/mol. The standard InChI is InChI=1S/C13H14Cl2O3/c1-2-3-6-18-13-9(4-5-12(16)17)7-10(14)8-11(13)15/h4-5,7-8H,2-3,6H2,1H3,(H,16,17)/b5-4+. The van der Waals surface area contributed by atoms with E-state index in [1.165, 1.54) is 6.08 Å². The van der Waals surface area contributed by atoms with Gasteiger partial charge in [0.05, 0.1) is 11.6 Å². The number of hydrogen-bond donors (Lipinski definition) is 1. The van der Waals surface area contributed by atoms with E-state index in [9.17, 15) is 4.79 Å². The van der Waals surface area contributed by atoms with Crippen LogP contribution in [-0.2, 0) is 4.79 Å². The van der Waals surface area contributed by atoms with Crippen LogP contribution < -0.4 is 4.74 Å². The van der Waals surface area contributed by atoms with Gasteiger partial charge < -0.3 is 9.84 Å². The second-order valence-electron chi connectivity index (χ2n) is 3.68. The van der Waals surface area contributed by atoms with Gasteiger partial charge in [-0.15, -0.1) is 0 Å². The van der Waals surface area contributed by atoms with Crippen molar-refractivity contribution >= 4 is 35.2 Å². The molecule has 1 N–H and O–H groups in total. The van der Waals surface area contributed by atoms with Crippen molar-refractivity contribution < 1.29 is 14.6 Å². The number of halogens is 2. The van der Waals surface area contributed by atoms with Gasteiger partial charge in [0.15, 0.2) is 0 Å². The van der Waals surface area contributed by atoms with E-state index in [0.717, 1.165) is 18.9 Å². The topological polar surface area (TPSA) is 46.5 Å². The van der Waals surface area contributed by atoms with Crippen molar-refractivity contribution in [2.24, 2.45) is 0 Å². The lowest BCUT2D eigenvalue weighted by atomic mass is 10.2. The Labute approximate surface area is 116 Å². The molecule has 0 atom stereocenters. The Bertz CT molecular complexity index is 456. The van der Waals surface area contributed by atoms with Gasteiger partial charge in [-0.2, -0.15) is 0 Å². The minimum atomic E-state index is -1.04. The Kier molecular flexibility index (Phi) is 6.02. The summed E-state index contributed by atoms with van der Waals surface area (Å²) in [6.45, 7) is 2.59. The highest BCUT2D eigenvalue weighted by Gasteiger charge is 2.09. The molecule has 0 fully saturated rings. The molecular formula is C13H14Cl2O3. The van der Waals surface area contributed by atoms with E-state index in [1.54, 1.807) is 12.1 Å². The third-order valence-corrected chi connectivity index (χ3v) is 2.69. The smallest absolute Gasteiger partial charge is 0.328 e. The van der Waals surface area contributed by atoms with Crippen LogP contribution in [0.1, 0.15) is 25.3 Å². The first-order valence-electron chi connectivity index (χ1n) is 5.57. The van der Waals surface area contributed by atoms with Gasteiger partial charge in [0.1, 0.15) is 5.75 Å². The Morgan fingerprint density at radius 2 is 2.17 bits per heavy atom. The Hall–Kier alpha value is -1.19. The minimum Gasteiger partial charge on any atom is -0.491 e. The highest BCUT2D eigenvalue weighted by atomic mass is 35.5. The lowest BCUT2D eigenvalue weighted by molar-refractivity contribution is -0.131. The molecule has 0 heterocycles. The van der Waals surface area contributed by atoms with Crippen molar-refractivity contribution in [1.82, 2.24) is 0 Å². The zero-order chi connectivity index (χ0) is 13.5. The number of carboxylic acids is 1. The van der Waals surface area contributed by atoms with Gasteiger partial charge in [-0.3, -0.25) is 0 Å². The quantitative estimate of drug-likeness (QED) is 0.628. The molecule has 3 nitrogen and oxygen atoms in total. The first kappa shape index (κ1) is 14.9. The van der Waals surface area contributed by atoms with Crippen LogP contribution in [0.25, 0.3) is 6.08 Å². The molecule has 0 saturated heterocycles. The van der Waals surface area contributed by atoms with E-state index in [0.29, 0.717) is 28.0 Å². The number of carbonyl (C=O) groups is 1. The molecule has 1 aromatic rings. The van der Waals surface area contributed by atoms with Crippen molar-refractivity contribution in [1.29, 1.82) is 0 Å². The van der Waals surface area contributed by atoms with E-state index in [4.69, 9.17) is 33.0 Å². The number of rotatable bonds is 6. The third kappa shape index (κ3) is 4.59. The molecule has 0 spiro atoms. The molecule has 0 unspecified atom stereocenters. The first-order chi connectivity index (χ1) is 8.54. The summed E-state index contributed by atoms with van der Waals surface area (Å²) in [5.41, 5.74) is 0.561. The Balaban J connectivity index is 3.00. The summed E-state index contributed by atoms with van der Waals surface area (Å²) in [4.78, 5) is 10.5. The second-order valence-corrected chi connectivity index (χ2v) is 4.52. The Morgan fingerprint density at radius 3 is 2.78 bits per heavy atom. The van der Waals surface area contributed by atoms with Crippen molar-refractivity contribution in [3.05, 3.63) is 33.8 Å². The molecule has 98 valence electrons. The molecule has 0 aliphatic rings. The number of ether oxygens (including phenoxy) is 1. The molecule has 0 aliphatic carbocycles. The van der Waals surface area contributed by atoms with Gasteiger partial charge in [-0.1, -0.05) is 36.5 Å². The largest absolute Gasteiger partial charge is 0.491 e. The van der Waals surface area contributed by atoms with E-state index in [2.05, 4.69) is 6.92 Å². The number of unbranched alkanes of at least 4 members (excludes halogenated alkanes) is 1. The summed E-state index contributed by atoms with van der Waals surface area (Å²) in [5.74, 6) is -0.572. The molecule has 0 radical (unpaired) electrons. The molecule has 0 amide bonds. The second kappa shape index (κ2) is 7.29. The van der Waals surface area contributed by atoms with Gasteiger partial charge >= 0.3 is 5.97 Å². The maximum Gasteiger partial charge on any atom is 0.328 e. The summed E-state index contributed by atoms with van der Waals surface area (Å²) in [7, 11) is 0. The van der Waals surface area contributed by atoms with Crippen LogP contribution in [0.5, 0.6) is 5.75 Å². The molecule has 5 heteroatoms. The molecule has 0 aromatic heterocycles. The highest BCUT2D eigenvalue weighted by molar-refractivity contribution is 6.35. The summed E-state index contributed by atoms with van der Waals surface area (Å²) >= 11 is 11.9. The van der Waals surface area contributed by atoms with Crippen LogP contribution in [0.2, 0.25) is 10.0 Å². The van der Waals surface area contributed by atoms with E-state index in [1.807, 2.05) is 0 Å². The average Bonchev–Trinajstić information content (AvgIpc) is 2.29. The average molecular weight is 289 g/mol. The zero-order valence-corrected chi connectivity index (χ0v) is 11.5. The lowest BCUT2D eigenvalue weighted by Gasteiger charge is -2.11. The van der Waals surface area contributed by atoms with E-state index >= 15 is 0 Å². The fourth-order valence-corrected chi connectivity index (χ4v) is 1.90. The van der Waals surface area contributed by atoms with Crippen molar-refractivity contribution in [3.63, 3.8) is 0 Å². The highest BCUT2D eigenvalue weighted by Crippen LogP contribution is 2.33. The predicted molar refractivity (Wildman–Crippen MR) is 73.5 cm³/mol. The number of benzene rings is 1. The molecule has 0 aliphatic heterocycles. The van der Waals surface area contributed by atoms with Crippen LogP contribution >= 0.6 is 23.2 Å². The number of hydrogen-bond acceptors (Lipinski definition) is 2. The SMILES string of the molecule is CCCCOc1c(Cl)cc(Cl)cc1/C=C/C(=O)O. The summed E-state index contributed by atoms with van der Waals surface area (Å²) in [6.07, 6.45) is 4.35. The van der Waals surface area contributed by atoms with E-state index < -0.39 is 5.97 Å². The molecule has 0 bridgehead atoms. The van der Waals surface area contributed by atoms with Crippen molar-refractivity contribution in [3.8, 4) is 5.75 Å². The van der Waals surface area contributed by atoms with Gasteiger partial charge in [0.25, 0.3) is 0 Å². The zero-order valence-electron chi connectivity index (χ0n) is 9.95. The molecule has 18 heavy (non-hydrogen) atoms. The molecule has 1 aromatic carbocycles. The Morgan fingerprint density at radius 1 is 1.44 bits per heavy atom. The maximum absolute atomic E-state index is 10.5. The van der Waals surface area contributed by atoms with Crippen molar-refractivity contribution in [2.75, 3.05) is 6.61 Å². The number of aliphatic carboxylic acids is 1. The number of carboxylic acid groups (broad SMARTS) is 1. The lowest BCUT2D eigenvalue weighted by Crippen LogP contribution is -1.99. The van der Waals surface area contributed by atoms with Gasteiger partial charge in [0.2, 0.25) is 0 Å². The van der Waals surface area contributed by atoms with E-state index in [-0.39, 0.29) is 0 Å². The monoisotopic (exact) mass is 288 g/mol. The third-order valence-electron chi connectivity index (χ3n) is 2.19. The summed E-state index contributed by atoms with van der Waals surface area (Å²) < 4.78 is 5.56. The van der Waals surface area contributed by atoms with Crippen LogP contribution in [0.15, 0.2) is 18.2 Å². The maximum atomic E-state index is 10.5. The first-order valence-corrected chi connectivity index (χ1v) is 6.33. The van der Waals surface area contributed by atoms with Gasteiger partial charge in [-0.25, -0.2) is 4.79 Å². The van der Waals surface area contributed by atoms with Gasteiger partial charge in [0, 0.05) is 16.7 Å². The summed E-state index contributed by atoms with van der Waals surface area (Å²) in [6, 6.07) is 3.19. The van der Waals surface area contributed by atoms with Crippen molar-refractivity contribution in [2.45, 2.75) is 19.8 Å². The minimum absolute atomic E-state index is 0.378.